The minimum atomic E-state index is -1.08. The SMILES string of the molecule is CCOc1cc(C=Nn2c(C3CCCCC3)nc3ccccc3c2=O)c(Br)cc1OCC(=O)O. The van der Waals surface area contributed by atoms with Crippen molar-refractivity contribution in [2.24, 2.45) is 5.10 Å². The lowest BCUT2D eigenvalue weighted by atomic mass is 9.88. The zero-order chi connectivity index (χ0) is 24.1. The summed E-state index contributed by atoms with van der Waals surface area (Å²) in [5.74, 6) is 0.480. The van der Waals surface area contributed by atoms with Gasteiger partial charge in [-0.3, -0.25) is 4.79 Å². The minimum absolute atomic E-state index is 0.178. The molecule has 1 N–H and O–H groups in total. The van der Waals surface area contributed by atoms with E-state index in [4.69, 9.17) is 19.6 Å². The van der Waals surface area contributed by atoms with Crippen LogP contribution in [0.1, 0.15) is 56.3 Å². The standard InChI is InChI=1S/C25H26BrN3O5/c1-2-33-21-12-17(19(26)13-22(21)34-15-23(30)31)14-27-29-24(16-8-4-3-5-9-16)28-20-11-7-6-10-18(20)25(29)32/h6-7,10-14,16H,2-5,8-9,15H2,1H3,(H,30,31). The van der Waals surface area contributed by atoms with E-state index in [1.54, 1.807) is 24.4 Å². The van der Waals surface area contributed by atoms with E-state index in [0.29, 0.717) is 44.9 Å². The van der Waals surface area contributed by atoms with Crippen LogP contribution in [0.2, 0.25) is 0 Å². The maximum atomic E-state index is 13.4. The fraction of sp³-hybridized carbons (Fsp3) is 0.360. The number of hydrogen-bond acceptors (Lipinski definition) is 6. The van der Waals surface area contributed by atoms with E-state index in [2.05, 4.69) is 21.0 Å². The molecule has 1 aliphatic carbocycles. The largest absolute Gasteiger partial charge is 0.490 e. The Morgan fingerprint density at radius 3 is 2.68 bits per heavy atom. The number of carboxylic acid groups (broad SMARTS) is 1. The van der Waals surface area contributed by atoms with Crippen LogP contribution in [0.4, 0.5) is 0 Å². The van der Waals surface area contributed by atoms with E-state index in [9.17, 15) is 9.59 Å². The van der Waals surface area contributed by atoms with Gasteiger partial charge in [0.1, 0.15) is 5.82 Å². The predicted octanol–water partition coefficient (Wildman–Crippen LogP) is 4.95. The van der Waals surface area contributed by atoms with Gasteiger partial charge < -0.3 is 14.6 Å². The number of halogens is 1. The average Bonchev–Trinajstić information content (AvgIpc) is 2.84. The smallest absolute Gasteiger partial charge is 0.341 e. The predicted molar refractivity (Wildman–Crippen MR) is 133 cm³/mol. The van der Waals surface area contributed by atoms with Crippen molar-refractivity contribution < 1.29 is 19.4 Å². The van der Waals surface area contributed by atoms with Gasteiger partial charge in [-0.25, -0.2) is 9.78 Å². The van der Waals surface area contributed by atoms with Crippen LogP contribution in [-0.4, -0.2) is 40.2 Å². The minimum Gasteiger partial charge on any atom is -0.490 e. The molecule has 2 aromatic carbocycles. The molecule has 1 fully saturated rings. The number of carbonyl (C=O) groups is 1. The number of aliphatic carboxylic acids is 1. The highest BCUT2D eigenvalue weighted by molar-refractivity contribution is 9.10. The van der Waals surface area contributed by atoms with Gasteiger partial charge in [0.15, 0.2) is 18.1 Å². The van der Waals surface area contributed by atoms with Crippen LogP contribution < -0.4 is 15.0 Å². The monoisotopic (exact) mass is 527 g/mol. The van der Waals surface area contributed by atoms with Gasteiger partial charge in [-0.05, 0) is 60.0 Å². The molecule has 178 valence electrons. The molecule has 0 bridgehead atoms. The summed E-state index contributed by atoms with van der Waals surface area (Å²) >= 11 is 3.49. The third-order valence-corrected chi connectivity index (χ3v) is 6.46. The molecule has 0 atom stereocenters. The number of para-hydroxylation sites is 1. The van der Waals surface area contributed by atoms with Gasteiger partial charge in [0.2, 0.25) is 0 Å². The summed E-state index contributed by atoms with van der Waals surface area (Å²) < 4.78 is 13.0. The zero-order valence-electron chi connectivity index (χ0n) is 18.9. The van der Waals surface area contributed by atoms with Crippen molar-refractivity contribution >= 4 is 39.0 Å². The number of rotatable bonds is 8. The highest BCUT2D eigenvalue weighted by Gasteiger charge is 2.22. The van der Waals surface area contributed by atoms with Gasteiger partial charge in [0, 0.05) is 16.0 Å². The van der Waals surface area contributed by atoms with Crippen molar-refractivity contribution in [3.8, 4) is 11.5 Å². The molecule has 4 rings (SSSR count). The van der Waals surface area contributed by atoms with Gasteiger partial charge in [0.05, 0.1) is 23.7 Å². The second-order valence-electron chi connectivity index (χ2n) is 8.12. The van der Waals surface area contributed by atoms with Crippen molar-refractivity contribution in [1.82, 2.24) is 9.66 Å². The molecule has 0 amide bonds. The van der Waals surface area contributed by atoms with E-state index in [0.717, 1.165) is 25.7 Å². The molecule has 0 spiro atoms. The average molecular weight is 528 g/mol. The molecule has 1 heterocycles. The number of ether oxygens (including phenoxy) is 2. The van der Waals surface area contributed by atoms with Gasteiger partial charge in [0.25, 0.3) is 5.56 Å². The maximum Gasteiger partial charge on any atom is 0.341 e. The van der Waals surface area contributed by atoms with Crippen LogP contribution in [0.25, 0.3) is 10.9 Å². The van der Waals surface area contributed by atoms with Crippen LogP contribution >= 0.6 is 15.9 Å². The maximum absolute atomic E-state index is 13.4. The lowest BCUT2D eigenvalue weighted by Crippen LogP contribution is -2.25. The number of carboxylic acids is 1. The molecule has 1 aromatic heterocycles. The van der Waals surface area contributed by atoms with Gasteiger partial charge in [-0.15, -0.1) is 0 Å². The third kappa shape index (κ3) is 5.30. The molecule has 0 saturated heterocycles. The van der Waals surface area contributed by atoms with E-state index >= 15 is 0 Å². The first kappa shape index (κ1) is 23.9. The first-order chi connectivity index (χ1) is 16.5. The fourth-order valence-corrected chi connectivity index (χ4v) is 4.59. The van der Waals surface area contributed by atoms with E-state index in [-0.39, 0.29) is 11.5 Å². The van der Waals surface area contributed by atoms with Crippen LogP contribution in [0.5, 0.6) is 11.5 Å². The lowest BCUT2D eigenvalue weighted by Gasteiger charge is -2.22. The van der Waals surface area contributed by atoms with Crippen LogP contribution in [0, 0.1) is 0 Å². The second kappa shape index (κ2) is 10.8. The molecule has 1 saturated carbocycles. The summed E-state index contributed by atoms with van der Waals surface area (Å²) in [6.07, 6.45) is 6.96. The summed E-state index contributed by atoms with van der Waals surface area (Å²) in [4.78, 5) is 29.1. The van der Waals surface area contributed by atoms with E-state index in [1.165, 1.54) is 11.1 Å². The Hall–Kier alpha value is -3.20. The van der Waals surface area contributed by atoms with Crippen molar-refractivity contribution in [1.29, 1.82) is 0 Å². The highest BCUT2D eigenvalue weighted by atomic mass is 79.9. The second-order valence-corrected chi connectivity index (χ2v) is 8.97. The number of benzene rings is 2. The summed E-state index contributed by atoms with van der Waals surface area (Å²) in [5.41, 5.74) is 1.13. The Morgan fingerprint density at radius 2 is 1.94 bits per heavy atom. The quantitative estimate of drug-likeness (QED) is 0.415. The fourth-order valence-electron chi connectivity index (χ4n) is 4.17. The Kier molecular flexibility index (Phi) is 7.62. The van der Waals surface area contributed by atoms with Gasteiger partial charge in [-0.2, -0.15) is 9.78 Å². The van der Waals surface area contributed by atoms with Crippen molar-refractivity contribution in [2.75, 3.05) is 13.2 Å². The first-order valence-electron chi connectivity index (χ1n) is 11.3. The molecule has 0 radical (unpaired) electrons. The van der Waals surface area contributed by atoms with Crippen molar-refractivity contribution in [2.45, 2.75) is 44.9 Å². The summed E-state index contributed by atoms with van der Waals surface area (Å²) in [7, 11) is 0. The zero-order valence-corrected chi connectivity index (χ0v) is 20.5. The molecule has 0 unspecified atom stereocenters. The molecule has 8 nitrogen and oxygen atoms in total. The van der Waals surface area contributed by atoms with E-state index < -0.39 is 12.6 Å². The Bertz CT molecular complexity index is 1280. The summed E-state index contributed by atoms with van der Waals surface area (Å²) in [6.45, 7) is 1.72. The molecule has 34 heavy (non-hydrogen) atoms. The Morgan fingerprint density at radius 1 is 1.21 bits per heavy atom. The number of hydrogen-bond donors (Lipinski definition) is 1. The highest BCUT2D eigenvalue weighted by Crippen LogP contribution is 2.34. The molecular weight excluding hydrogens is 502 g/mol. The number of fused-ring (bicyclic) bond motifs is 1. The molecule has 3 aromatic rings. The van der Waals surface area contributed by atoms with Gasteiger partial charge in [-0.1, -0.05) is 31.4 Å². The van der Waals surface area contributed by atoms with Crippen LogP contribution in [0.15, 0.2) is 50.8 Å². The van der Waals surface area contributed by atoms with Crippen molar-refractivity contribution in [3.63, 3.8) is 0 Å². The Balaban J connectivity index is 1.77. The van der Waals surface area contributed by atoms with Crippen LogP contribution in [-0.2, 0) is 4.79 Å². The Labute approximate surface area is 205 Å². The van der Waals surface area contributed by atoms with Gasteiger partial charge >= 0.3 is 5.97 Å². The molecule has 1 aliphatic rings. The van der Waals surface area contributed by atoms with E-state index in [1.807, 2.05) is 25.1 Å². The molecule has 0 aliphatic heterocycles. The third-order valence-electron chi connectivity index (χ3n) is 5.78. The molecular formula is C25H26BrN3O5. The normalized spacial score (nSPS) is 14.5. The lowest BCUT2D eigenvalue weighted by molar-refractivity contribution is -0.139. The summed E-state index contributed by atoms with van der Waals surface area (Å²) in [6, 6.07) is 10.7. The topological polar surface area (TPSA) is 103 Å². The first-order valence-corrected chi connectivity index (χ1v) is 12.1. The van der Waals surface area contributed by atoms with Crippen molar-refractivity contribution in [3.05, 3.63) is 62.6 Å². The van der Waals surface area contributed by atoms with Crippen LogP contribution in [0.3, 0.4) is 0 Å². The number of nitrogens with zero attached hydrogens (tertiary/aromatic N) is 3. The number of aromatic nitrogens is 2. The molecule has 9 heteroatoms. The summed E-state index contributed by atoms with van der Waals surface area (Å²) in [5, 5.41) is 14.0.